The van der Waals surface area contributed by atoms with Crippen molar-refractivity contribution in [2.24, 2.45) is 5.73 Å². The molecular weight excluding hydrogens is 150 g/mol. The third-order valence-corrected chi connectivity index (χ3v) is 0.716. The van der Waals surface area contributed by atoms with Crippen molar-refractivity contribution in [2.45, 2.75) is 6.42 Å². The Labute approximate surface area is 63.0 Å². The highest BCUT2D eigenvalue weighted by atomic mass is 16.4. The van der Waals surface area contributed by atoms with Gasteiger partial charge < -0.3 is 16.3 Å². The van der Waals surface area contributed by atoms with Gasteiger partial charge in [0.05, 0.1) is 0 Å². The minimum absolute atomic E-state index is 0.0162. The fourth-order valence-corrected chi connectivity index (χ4v) is 0.398. The van der Waals surface area contributed by atoms with Crippen LogP contribution < -0.4 is 16.6 Å². The number of carboxylic acid groups (broad SMARTS) is 1. The minimum atomic E-state index is -1.33. The third kappa shape index (κ3) is 8.28. The summed E-state index contributed by atoms with van der Waals surface area (Å²) in [6.45, 7) is 0. The van der Waals surface area contributed by atoms with Gasteiger partial charge in [0.25, 0.3) is 0 Å². The fraction of sp³-hybridized carbons (Fsp3) is 0.200. The number of hydrazine groups is 1. The molecule has 0 aliphatic carbocycles. The van der Waals surface area contributed by atoms with Crippen LogP contribution in [0, 0.1) is 0 Å². The minimum Gasteiger partial charge on any atom is -0.465 e. The van der Waals surface area contributed by atoms with Crippen molar-refractivity contribution in [1.82, 2.24) is 10.9 Å². The first kappa shape index (κ1) is 9.28. The smallest absolute Gasteiger partial charge is 0.402 e. The second kappa shape index (κ2) is 5.10. The molecule has 11 heavy (non-hydrogen) atoms. The van der Waals surface area contributed by atoms with E-state index in [2.05, 4.69) is 16.6 Å². The predicted molar refractivity (Wildman–Crippen MR) is 37.2 cm³/mol. The van der Waals surface area contributed by atoms with Crippen molar-refractivity contribution < 1.29 is 14.7 Å². The second-order valence-corrected chi connectivity index (χ2v) is 1.64. The molecule has 0 aromatic rings. The molecule has 2 amide bonds. The summed E-state index contributed by atoms with van der Waals surface area (Å²) >= 11 is 0. The number of hydrogen-bond acceptors (Lipinski definition) is 3. The zero-order valence-electron chi connectivity index (χ0n) is 5.70. The topological polar surface area (TPSA) is 104 Å². The number of carbonyl (C=O) groups excluding carboxylic acids is 1. The van der Waals surface area contributed by atoms with Gasteiger partial charge in [-0.05, 0) is 0 Å². The van der Waals surface area contributed by atoms with Crippen molar-refractivity contribution >= 4 is 12.0 Å². The number of nitrogens with one attached hydrogen (secondary N) is 2. The molecule has 0 fully saturated rings. The summed E-state index contributed by atoms with van der Waals surface area (Å²) in [6.07, 6.45) is 2.62. The van der Waals surface area contributed by atoms with Crippen molar-refractivity contribution in [3.05, 3.63) is 12.3 Å². The first-order valence-corrected chi connectivity index (χ1v) is 2.80. The Morgan fingerprint density at radius 2 is 2.27 bits per heavy atom. The van der Waals surface area contributed by atoms with E-state index >= 15 is 0 Å². The number of rotatable bonds is 0. The lowest BCUT2D eigenvalue weighted by Crippen LogP contribution is -2.35. The zero-order chi connectivity index (χ0) is 8.69. The summed E-state index contributed by atoms with van der Waals surface area (Å²) in [7, 11) is 0. The Kier molecular flexibility index (Phi) is 4.30. The van der Waals surface area contributed by atoms with Crippen LogP contribution in [0.1, 0.15) is 6.42 Å². The Morgan fingerprint density at radius 1 is 1.73 bits per heavy atom. The van der Waals surface area contributed by atoms with Crippen LogP contribution in [0.5, 0.6) is 0 Å². The number of nitrogens with two attached hydrogens (primary N) is 1. The largest absolute Gasteiger partial charge is 0.465 e. The molecule has 0 saturated carbocycles. The first-order valence-electron chi connectivity index (χ1n) is 2.80. The lowest BCUT2D eigenvalue weighted by molar-refractivity contribution is -0.121. The standard InChI is InChI=1S/C4H6N2O.CH3NO2/c7-4-2-1-3-5-6-4;2-1(3)4/h1,3,5H,2H2,(H,6,7);2H2,(H,3,4). The van der Waals surface area contributed by atoms with E-state index in [4.69, 9.17) is 9.90 Å². The maximum atomic E-state index is 10.2. The van der Waals surface area contributed by atoms with Gasteiger partial charge in [-0.1, -0.05) is 6.08 Å². The number of primary amides is 1. The van der Waals surface area contributed by atoms with Crippen LogP contribution in [0.25, 0.3) is 0 Å². The van der Waals surface area contributed by atoms with Gasteiger partial charge in [-0.25, -0.2) is 4.79 Å². The molecule has 0 radical (unpaired) electrons. The highest BCUT2D eigenvalue weighted by molar-refractivity contribution is 5.77. The van der Waals surface area contributed by atoms with Crippen molar-refractivity contribution in [3.8, 4) is 0 Å². The highest BCUT2D eigenvalue weighted by Gasteiger charge is 1.96. The Bertz CT molecular complexity index is 174. The van der Waals surface area contributed by atoms with E-state index in [1.54, 1.807) is 12.3 Å². The molecule has 5 N–H and O–H groups in total. The molecule has 0 atom stereocenters. The van der Waals surface area contributed by atoms with Gasteiger partial charge in [-0.15, -0.1) is 0 Å². The van der Waals surface area contributed by atoms with Crippen LogP contribution in [0.3, 0.4) is 0 Å². The van der Waals surface area contributed by atoms with Gasteiger partial charge in [0, 0.05) is 12.6 Å². The lowest BCUT2D eigenvalue weighted by atomic mass is 10.4. The number of hydrogen-bond donors (Lipinski definition) is 4. The quantitative estimate of drug-likeness (QED) is 0.369. The van der Waals surface area contributed by atoms with Gasteiger partial charge in [0.15, 0.2) is 0 Å². The van der Waals surface area contributed by atoms with Crippen LogP contribution in [-0.4, -0.2) is 17.1 Å². The monoisotopic (exact) mass is 159 g/mol. The van der Waals surface area contributed by atoms with E-state index in [0.29, 0.717) is 6.42 Å². The predicted octanol–water partition coefficient (Wildman–Crippen LogP) is -0.852. The van der Waals surface area contributed by atoms with Crippen molar-refractivity contribution in [3.63, 3.8) is 0 Å². The second-order valence-electron chi connectivity index (χ2n) is 1.64. The molecule has 0 spiro atoms. The van der Waals surface area contributed by atoms with Crippen LogP contribution in [0.15, 0.2) is 12.3 Å². The SMILES string of the molecule is NC(=O)O.O=C1CC=CNN1. The Morgan fingerprint density at radius 3 is 2.45 bits per heavy atom. The van der Waals surface area contributed by atoms with Crippen LogP contribution >= 0.6 is 0 Å². The molecule has 6 nitrogen and oxygen atoms in total. The van der Waals surface area contributed by atoms with E-state index in [-0.39, 0.29) is 5.91 Å². The molecular formula is C5H9N3O3. The lowest BCUT2D eigenvalue weighted by Gasteiger charge is -2.05. The third-order valence-electron chi connectivity index (χ3n) is 0.716. The highest BCUT2D eigenvalue weighted by Crippen LogP contribution is 1.83. The normalized spacial score (nSPS) is 13.6. The van der Waals surface area contributed by atoms with Gasteiger partial charge in [0.1, 0.15) is 0 Å². The van der Waals surface area contributed by atoms with Gasteiger partial charge in [-0.3, -0.25) is 10.2 Å². The summed E-state index contributed by atoms with van der Waals surface area (Å²) in [5.74, 6) is 0.0162. The molecule has 1 rings (SSSR count). The molecule has 0 aromatic heterocycles. The van der Waals surface area contributed by atoms with E-state index < -0.39 is 6.09 Å². The van der Waals surface area contributed by atoms with Gasteiger partial charge in [-0.2, -0.15) is 0 Å². The summed E-state index contributed by atoms with van der Waals surface area (Å²) in [6, 6.07) is 0. The summed E-state index contributed by atoms with van der Waals surface area (Å²) in [5.41, 5.74) is 8.99. The van der Waals surface area contributed by atoms with Crippen molar-refractivity contribution in [2.75, 3.05) is 0 Å². The van der Waals surface area contributed by atoms with Crippen LogP contribution in [0.4, 0.5) is 4.79 Å². The fourth-order valence-electron chi connectivity index (χ4n) is 0.398. The molecule has 1 aliphatic heterocycles. The molecule has 0 unspecified atom stereocenters. The molecule has 0 aromatic carbocycles. The van der Waals surface area contributed by atoms with Gasteiger partial charge >= 0.3 is 6.09 Å². The van der Waals surface area contributed by atoms with E-state index in [1.165, 1.54) is 0 Å². The molecule has 1 aliphatic rings. The van der Waals surface area contributed by atoms with Crippen LogP contribution in [0.2, 0.25) is 0 Å². The average molecular weight is 159 g/mol. The number of amides is 2. The molecule has 1 heterocycles. The maximum Gasteiger partial charge on any atom is 0.402 e. The van der Waals surface area contributed by atoms with Crippen LogP contribution in [-0.2, 0) is 4.79 Å². The molecule has 62 valence electrons. The Balaban J connectivity index is 0.000000218. The maximum absolute atomic E-state index is 10.2. The summed E-state index contributed by atoms with van der Waals surface area (Å²) in [5, 5.41) is 7.19. The van der Waals surface area contributed by atoms with Crippen molar-refractivity contribution in [1.29, 1.82) is 0 Å². The molecule has 0 bridgehead atoms. The summed E-state index contributed by atoms with van der Waals surface area (Å²) < 4.78 is 0. The number of carbonyl (C=O) groups is 2. The Hall–Kier alpha value is -1.72. The average Bonchev–Trinajstić information content (AvgIpc) is 1.87. The molecule has 0 saturated heterocycles. The first-order chi connectivity index (χ1) is 5.13. The van der Waals surface area contributed by atoms with E-state index in [9.17, 15) is 4.79 Å². The molecule has 6 heteroatoms. The zero-order valence-corrected chi connectivity index (χ0v) is 5.70. The van der Waals surface area contributed by atoms with E-state index in [0.717, 1.165) is 0 Å². The van der Waals surface area contributed by atoms with E-state index in [1.807, 2.05) is 0 Å². The van der Waals surface area contributed by atoms with Gasteiger partial charge in [0.2, 0.25) is 5.91 Å². The summed E-state index contributed by atoms with van der Waals surface area (Å²) in [4.78, 5) is 19.0.